The molecule has 6 nitrogen and oxygen atoms in total. The molecule has 1 aromatic heterocycles. The van der Waals surface area contributed by atoms with Crippen LogP contribution in [-0.4, -0.2) is 23.5 Å². The zero-order valence-electron chi connectivity index (χ0n) is 16.9. The largest absolute Gasteiger partial charge is 0.495 e. The van der Waals surface area contributed by atoms with E-state index in [4.69, 9.17) is 16.3 Å². The van der Waals surface area contributed by atoms with Crippen molar-refractivity contribution in [3.05, 3.63) is 77.6 Å². The summed E-state index contributed by atoms with van der Waals surface area (Å²) in [6.45, 7) is 2.09. The molecule has 2 N–H and O–H groups in total. The molecule has 1 atom stereocenters. The smallest absolute Gasteiger partial charge is 0.225 e. The lowest BCUT2D eigenvalue weighted by atomic mass is 9.95. The quantitative estimate of drug-likeness (QED) is 0.538. The summed E-state index contributed by atoms with van der Waals surface area (Å²) in [5.74, 6) is 0.137. The topological polar surface area (TPSA) is 72.4 Å². The predicted octanol–water partition coefficient (Wildman–Crippen LogP) is 4.92. The van der Waals surface area contributed by atoms with Crippen molar-refractivity contribution in [3.63, 3.8) is 0 Å². The van der Waals surface area contributed by atoms with Crippen LogP contribution in [0.15, 0.2) is 67.0 Å². The number of hydrogen-bond acceptors (Lipinski definition) is 3. The molecule has 30 heavy (non-hydrogen) atoms. The van der Waals surface area contributed by atoms with E-state index in [1.807, 2.05) is 53.4 Å². The third kappa shape index (κ3) is 5.87. The number of nitrogens with one attached hydrogen (secondary N) is 2. The third-order valence-electron chi connectivity index (χ3n) is 4.66. The van der Waals surface area contributed by atoms with Crippen LogP contribution >= 0.6 is 11.6 Å². The SMILES string of the molecule is COc1ccc(NC(C)=O)cc1NC(=O)CC(Cn1cccc1)c1ccc(Cl)cc1. The Morgan fingerprint density at radius 1 is 1.07 bits per heavy atom. The molecule has 3 aromatic rings. The number of anilines is 2. The van der Waals surface area contributed by atoms with Gasteiger partial charge in [-0.3, -0.25) is 9.59 Å². The molecular formula is C23H24ClN3O3. The van der Waals surface area contributed by atoms with Gasteiger partial charge >= 0.3 is 0 Å². The molecule has 0 aliphatic carbocycles. The van der Waals surface area contributed by atoms with Gasteiger partial charge in [-0.2, -0.15) is 0 Å². The molecular weight excluding hydrogens is 402 g/mol. The lowest BCUT2D eigenvalue weighted by Crippen LogP contribution is -2.19. The molecule has 0 spiro atoms. The molecule has 0 saturated carbocycles. The number of nitrogens with zero attached hydrogens (tertiary/aromatic N) is 1. The summed E-state index contributed by atoms with van der Waals surface area (Å²) in [5.41, 5.74) is 2.12. The Morgan fingerprint density at radius 3 is 2.40 bits per heavy atom. The minimum absolute atomic E-state index is 0.0424. The number of ether oxygens (including phenoxy) is 1. The fraction of sp³-hybridized carbons (Fsp3) is 0.217. The van der Waals surface area contributed by atoms with E-state index in [1.165, 1.54) is 14.0 Å². The van der Waals surface area contributed by atoms with Crippen LogP contribution in [0, 0.1) is 0 Å². The molecule has 2 aromatic carbocycles. The van der Waals surface area contributed by atoms with Gasteiger partial charge in [-0.1, -0.05) is 23.7 Å². The van der Waals surface area contributed by atoms with Gasteiger partial charge in [-0.15, -0.1) is 0 Å². The second-order valence-corrected chi connectivity index (χ2v) is 7.41. The first kappa shape index (κ1) is 21.5. The highest BCUT2D eigenvalue weighted by Crippen LogP contribution is 2.30. The fourth-order valence-electron chi connectivity index (χ4n) is 3.28. The van der Waals surface area contributed by atoms with E-state index in [9.17, 15) is 9.59 Å². The van der Waals surface area contributed by atoms with Crippen LogP contribution in [0.2, 0.25) is 5.02 Å². The van der Waals surface area contributed by atoms with Crippen molar-refractivity contribution in [2.75, 3.05) is 17.7 Å². The monoisotopic (exact) mass is 425 g/mol. The Labute approximate surface area is 180 Å². The molecule has 156 valence electrons. The third-order valence-corrected chi connectivity index (χ3v) is 4.92. The number of benzene rings is 2. The highest BCUT2D eigenvalue weighted by atomic mass is 35.5. The van der Waals surface area contributed by atoms with E-state index in [0.29, 0.717) is 28.7 Å². The Hall–Kier alpha value is -3.25. The fourth-order valence-corrected chi connectivity index (χ4v) is 3.41. The van der Waals surface area contributed by atoms with Gasteiger partial charge in [0.1, 0.15) is 5.75 Å². The molecule has 3 rings (SSSR count). The van der Waals surface area contributed by atoms with Crippen molar-refractivity contribution >= 4 is 34.8 Å². The van der Waals surface area contributed by atoms with Crippen molar-refractivity contribution in [3.8, 4) is 5.75 Å². The molecule has 2 amide bonds. The van der Waals surface area contributed by atoms with E-state index in [1.54, 1.807) is 18.2 Å². The molecule has 0 saturated heterocycles. The molecule has 0 radical (unpaired) electrons. The molecule has 7 heteroatoms. The van der Waals surface area contributed by atoms with Gasteiger partial charge < -0.3 is 19.9 Å². The summed E-state index contributed by atoms with van der Waals surface area (Å²) in [5, 5.41) is 6.28. The Balaban J connectivity index is 1.78. The highest BCUT2D eigenvalue weighted by Gasteiger charge is 2.18. The van der Waals surface area contributed by atoms with Crippen molar-refractivity contribution in [1.82, 2.24) is 4.57 Å². The van der Waals surface area contributed by atoms with Gasteiger partial charge in [0.15, 0.2) is 0 Å². The molecule has 1 heterocycles. The molecule has 0 bridgehead atoms. The van der Waals surface area contributed by atoms with Crippen LogP contribution in [0.3, 0.4) is 0 Å². The number of rotatable bonds is 8. The average molecular weight is 426 g/mol. The molecule has 0 aliphatic rings. The lowest BCUT2D eigenvalue weighted by molar-refractivity contribution is -0.116. The van der Waals surface area contributed by atoms with Gasteiger partial charge in [0.05, 0.1) is 12.8 Å². The minimum atomic E-state index is -0.188. The standard InChI is InChI=1S/C23H24ClN3O3/c1-16(28)25-20-9-10-22(30-2)21(14-20)26-23(29)13-18(15-27-11-3-4-12-27)17-5-7-19(24)8-6-17/h3-12,14,18H,13,15H2,1-2H3,(H,25,28)(H,26,29). The maximum Gasteiger partial charge on any atom is 0.225 e. The highest BCUT2D eigenvalue weighted by molar-refractivity contribution is 6.30. The van der Waals surface area contributed by atoms with Crippen LogP contribution in [-0.2, 0) is 16.1 Å². The normalized spacial score (nSPS) is 11.6. The van der Waals surface area contributed by atoms with Crippen LogP contribution in [0.1, 0.15) is 24.8 Å². The number of carbonyl (C=O) groups is 2. The van der Waals surface area contributed by atoms with Gasteiger partial charge in [-0.05, 0) is 48.0 Å². The summed E-state index contributed by atoms with van der Waals surface area (Å²) in [7, 11) is 1.53. The van der Waals surface area contributed by atoms with E-state index < -0.39 is 0 Å². The average Bonchev–Trinajstić information content (AvgIpc) is 3.21. The molecule has 0 aliphatic heterocycles. The summed E-state index contributed by atoms with van der Waals surface area (Å²) >= 11 is 6.03. The number of amides is 2. The van der Waals surface area contributed by atoms with Crippen molar-refractivity contribution in [2.45, 2.75) is 25.8 Å². The van der Waals surface area contributed by atoms with E-state index in [-0.39, 0.29) is 24.2 Å². The number of carbonyl (C=O) groups excluding carboxylic acids is 2. The Morgan fingerprint density at radius 2 is 1.77 bits per heavy atom. The predicted molar refractivity (Wildman–Crippen MR) is 119 cm³/mol. The first-order valence-corrected chi connectivity index (χ1v) is 9.94. The number of aromatic nitrogens is 1. The molecule has 0 fully saturated rings. The number of hydrogen-bond donors (Lipinski definition) is 2. The first-order chi connectivity index (χ1) is 14.4. The van der Waals surface area contributed by atoms with E-state index in [0.717, 1.165) is 5.56 Å². The van der Waals surface area contributed by atoms with Gasteiger partial charge in [0.25, 0.3) is 0 Å². The Kier molecular flexibility index (Phi) is 7.14. The maximum atomic E-state index is 12.9. The second-order valence-electron chi connectivity index (χ2n) is 6.98. The van der Waals surface area contributed by atoms with Crippen LogP contribution < -0.4 is 15.4 Å². The summed E-state index contributed by atoms with van der Waals surface area (Å²) in [6.07, 6.45) is 4.22. The maximum absolute atomic E-state index is 12.9. The van der Waals surface area contributed by atoms with Gasteiger partial charge in [0.2, 0.25) is 11.8 Å². The van der Waals surface area contributed by atoms with Crippen LogP contribution in [0.25, 0.3) is 0 Å². The van der Waals surface area contributed by atoms with Crippen LogP contribution in [0.4, 0.5) is 11.4 Å². The van der Waals surface area contributed by atoms with E-state index in [2.05, 4.69) is 10.6 Å². The molecule has 1 unspecified atom stereocenters. The van der Waals surface area contributed by atoms with Crippen molar-refractivity contribution in [1.29, 1.82) is 0 Å². The summed E-state index contributed by atoms with van der Waals surface area (Å²) in [6, 6.07) is 16.6. The lowest BCUT2D eigenvalue weighted by Gasteiger charge is -2.19. The Bertz CT molecular complexity index is 1000. The number of halogens is 1. The van der Waals surface area contributed by atoms with Crippen molar-refractivity contribution in [2.24, 2.45) is 0 Å². The van der Waals surface area contributed by atoms with Gasteiger partial charge in [0, 0.05) is 48.9 Å². The summed E-state index contributed by atoms with van der Waals surface area (Å²) < 4.78 is 7.39. The van der Waals surface area contributed by atoms with Crippen molar-refractivity contribution < 1.29 is 14.3 Å². The number of methoxy groups -OCH3 is 1. The zero-order chi connectivity index (χ0) is 21.5. The van der Waals surface area contributed by atoms with E-state index >= 15 is 0 Å². The minimum Gasteiger partial charge on any atom is -0.495 e. The van der Waals surface area contributed by atoms with Gasteiger partial charge in [-0.25, -0.2) is 0 Å². The summed E-state index contributed by atoms with van der Waals surface area (Å²) in [4.78, 5) is 24.2. The second kappa shape index (κ2) is 9.98. The first-order valence-electron chi connectivity index (χ1n) is 9.56. The zero-order valence-corrected chi connectivity index (χ0v) is 17.6. The van der Waals surface area contributed by atoms with Crippen LogP contribution in [0.5, 0.6) is 5.75 Å².